The Kier molecular flexibility index (Phi) is 4.79. The Hall–Kier alpha value is -1.32. The third kappa shape index (κ3) is 4.17. The van der Waals surface area contributed by atoms with Crippen LogP contribution in [0.1, 0.15) is 45.4 Å². The third-order valence-corrected chi connectivity index (χ3v) is 3.68. The van der Waals surface area contributed by atoms with Crippen molar-refractivity contribution in [2.24, 2.45) is 5.92 Å². The first-order valence-corrected chi connectivity index (χ1v) is 6.99. The van der Waals surface area contributed by atoms with Crippen LogP contribution >= 0.6 is 0 Å². The van der Waals surface area contributed by atoms with Crippen molar-refractivity contribution in [3.05, 3.63) is 18.7 Å². The van der Waals surface area contributed by atoms with E-state index in [0.717, 1.165) is 31.7 Å². The molecule has 4 nitrogen and oxygen atoms in total. The molecular formula is C14H23N3O. The van der Waals surface area contributed by atoms with Crippen LogP contribution in [0.15, 0.2) is 18.7 Å². The number of hydrogen-bond acceptors (Lipinski definition) is 2. The van der Waals surface area contributed by atoms with Crippen molar-refractivity contribution in [2.45, 2.75) is 58.0 Å². The van der Waals surface area contributed by atoms with Crippen molar-refractivity contribution >= 4 is 5.91 Å². The summed E-state index contributed by atoms with van der Waals surface area (Å²) in [6.45, 7) is 3.14. The molecule has 0 aromatic carbocycles. The highest BCUT2D eigenvalue weighted by atomic mass is 16.1. The molecule has 1 N–H and O–H groups in total. The fourth-order valence-electron chi connectivity index (χ4n) is 2.71. The van der Waals surface area contributed by atoms with Gasteiger partial charge in [0.25, 0.3) is 0 Å². The third-order valence-electron chi connectivity index (χ3n) is 3.68. The monoisotopic (exact) mass is 249 g/mol. The molecule has 1 amide bonds. The lowest BCUT2D eigenvalue weighted by molar-refractivity contribution is -0.122. The normalized spacial score (nSPS) is 23.8. The average Bonchev–Trinajstić information content (AvgIpc) is 2.82. The second-order valence-electron chi connectivity index (χ2n) is 5.44. The van der Waals surface area contributed by atoms with Gasteiger partial charge in [-0.2, -0.15) is 0 Å². The number of aromatic nitrogens is 2. The van der Waals surface area contributed by atoms with E-state index >= 15 is 0 Å². The Morgan fingerprint density at radius 1 is 1.50 bits per heavy atom. The van der Waals surface area contributed by atoms with Gasteiger partial charge in [-0.15, -0.1) is 0 Å². The lowest BCUT2D eigenvalue weighted by Gasteiger charge is -2.27. The van der Waals surface area contributed by atoms with Crippen LogP contribution in [0.5, 0.6) is 0 Å². The molecule has 0 unspecified atom stereocenters. The molecule has 2 atom stereocenters. The van der Waals surface area contributed by atoms with Crippen LogP contribution in [0.2, 0.25) is 0 Å². The molecule has 1 aliphatic carbocycles. The number of hydrogen-bond donors (Lipinski definition) is 1. The van der Waals surface area contributed by atoms with E-state index < -0.39 is 0 Å². The van der Waals surface area contributed by atoms with Gasteiger partial charge >= 0.3 is 0 Å². The van der Waals surface area contributed by atoms with Gasteiger partial charge in [-0.3, -0.25) is 4.79 Å². The fraction of sp³-hybridized carbons (Fsp3) is 0.714. The Labute approximate surface area is 109 Å². The Morgan fingerprint density at radius 3 is 3.11 bits per heavy atom. The van der Waals surface area contributed by atoms with E-state index in [1.807, 2.05) is 10.8 Å². The van der Waals surface area contributed by atoms with Gasteiger partial charge < -0.3 is 9.88 Å². The van der Waals surface area contributed by atoms with E-state index in [0.29, 0.717) is 12.5 Å². The van der Waals surface area contributed by atoms with Crippen LogP contribution in [0, 0.1) is 5.92 Å². The molecule has 0 radical (unpaired) electrons. The predicted molar refractivity (Wildman–Crippen MR) is 71.0 cm³/mol. The summed E-state index contributed by atoms with van der Waals surface area (Å²) in [6.07, 6.45) is 11.8. The zero-order valence-electron chi connectivity index (χ0n) is 11.1. The summed E-state index contributed by atoms with van der Waals surface area (Å²) in [4.78, 5) is 15.8. The summed E-state index contributed by atoms with van der Waals surface area (Å²) in [5.74, 6) is 0.962. The van der Waals surface area contributed by atoms with E-state index in [9.17, 15) is 4.79 Å². The molecule has 1 saturated carbocycles. The van der Waals surface area contributed by atoms with Crippen LogP contribution in [-0.4, -0.2) is 21.5 Å². The van der Waals surface area contributed by atoms with Crippen molar-refractivity contribution in [3.8, 4) is 0 Å². The summed E-state index contributed by atoms with van der Waals surface area (Å²) in [5, 5.41) is 3.17. The molecule has 0 saturated heterocycles. The van der Waals surface area contributed by atoms with E-state index in [4.69, 9.17) is 0 Å². The second-order valence-corrected chi connectivity index (χ2v) is 5.44. The van der Waals surface area contributed by atoms with Crippen LogP contribution < -0.4 is 5.32 Å². The zero-order valence-corrected chi connectivity index (χ0v) is 11.1. The Bertz CT molecular complexity index is 361. The first-order chi connectivity index (χ1) is 8.74. The highest BCUT2D eigenvalue weighted by Crippen LogP contribution is 2.23. The van der Waals surface area contributed by atoms with Crippen LogP contribution in [0.25, 0.3) is 0 Å². The van der Waals surface area contributed by atoms with Crippen molar-refractivity contribution in [1.82, 2.24) is 14.9 Å². The molecule has 1 heterocycles. The first kappa shape index (κ1) is 13.1. The summed E-state index contributed by atoms with van der Waals surface area (Å²) < 4.78 is 2.01. The van der Waals surface area contributed by atoms with Gasteiger partial charge in [0, 0.05) is 31.4 Å². The molecule has 18 heavy (non-hydrogen) atoms. The maximum absolute atomic E-state index is 11.8. The minimum atomic E-state index is 0.203. The highest BCUT2D eigenvalue weighted by molar-refractivity contribution is 5.76. The van der Waals surface area contributed by atoms with Gasteiger partial charge in [-0.05, 0) is 25.2 Å². The number of imidazole rings is 1. The van der Waals surface area contributed by atoms with Gasteiger partial charge in [-0.25, -0.2) is 4.98 Å². The van der Waals surface area contributed by atoms with Crippen LogP contribution in [0.4, 0.5) is 0 Å². The van der Waals surface area contributed by atoms with Gasteiger partial charge in [0.1, 0.15) is 0 Å². The lowest BCUT2D eigenvalue weighted by atomic mass is 9.87. The van der Waals surface area contributed by atoms with Gasteiger partial charge in [0.15, 0.2) is 0 Å². The number of nitrogens with one attached hydrogen (secondary N) is 1. The quantitative estimate of drug-likeness (QED) is 0.870. The maximum atomic E-state index is 11.8. The van der Waals surface area contributed by atoms with E-state index in [2.05, 4.69) is 17.2 Å². The van der Waals surface area contributed by atoms with Crippen molar-refractivity contribution in [1.29, 1.82) is 0 Å². The standard InChI is InChI=1S/C14H23N3O/c1-12-4-2-5-13(10-12)16-14(18)6-3-8-17-9-7-15-11-17/h7,9,11-13H,2-6,8,10H2,1H3,(H,16,18)/t12-,13+/m1/s1. The molecule has 0 aliphatic heterocycles. The van der Waals surface area contributed by atoms with E-state index in [-0.39, 0.29) is 5.91 Å². The summed E-state index contributed by atoms with van der Waals surface area (Å²) in [5.41, 5.74) is 0. The highest BCUT2D eigenvalue weighted by Gasteiger charge is 2.19. The number of carbonyl (C=O) groups is 1. The fourth-order valence-corrected chi connectivity index (χ4v) is 2.71. The summed E-state index contributed by atoms with van der Waals surface area (Å²) >= 11 is 0. The number of carbonyl (C=O) groups excluding carboxylic acids is 1. The maximum Gasteiger partial charge on any atom is 0.220 e. The van der Waals surface area contributed by atoms with E-state index in [1.54, 1.807) is 12.5 Å². The number of nitrogens with zero attached hydrogens (tertiary/aromatic N) is 2. The SMILES string of the molecule is C[C@@H]1CCC[C@H](NC(=O)CCCn2ccnc2)C1. The van der Waals surface area contributed by atoms with Gasteiger partial charge in [0.05, 0.1) is 6.33 Å². The topological polar surface area (TPSA) is 46.9 Å². The summed E-state index contributed by atoms with van der Waals surface area (Å²) in [7, 11) is 0. The molecule has 2 rings (SSSR count). The van der Waals surface area contributed by atoms with Crippen molar-refractivity contribution < 1.29 is 4.79 Å². The molecule has 0 bridgehead atoms. The second kappa shape index (κ2) is 6.57. The Balaban J connectivity index is 1.62. The van der Waals surface area contributed by atoms with Crippen LogP contribution in [0.3, 0.4) is 0 Å². The zero-order chi connectivity index (χ0) is 12.8. The van der Waals surface area contributed by atoms with Gasteiger partial charge in [-0.1, -0.05) is 19.8 Å². The van der Waals surface area contributed by atoms with Crippen molar-refractivity contribution in [3.63, 3.8) is 0 Å². The lowest BCUT2D eigenvalue weighted by Crippen LogP contribution is -2.37. The van der Waals surface area contributed by atoms with Crippen LogP contribution in [-0.2, 0) is 11.3 Å². The van der Waals surface area contributed by atoms with E-state index in [1.165, 1.54) is 12.8 Å². The first-order valence-electron chi connectivity index (χ1n) is 6.99. The molecular weight excluding hydrogens is 226 g/mol. The molecule has 1 fully saturated rings. The molecule has 0 spiro atoms. The molecule has 4 heteroatoms. The number of amides is 1. The Morgan fingerprint density at radius 2 is 2.39 bits per heavy atom. The summed E-state index contributed by atoms with van der Waals surface area (Å²) in [6, 6.07) is 0.412. The number of aryl methyl sites for hydroxylation is 1. The largest absolute Gasteiger partial charge is 0.353 e. The molecule has 100 valence electrons. The minimum absolute atomic E-state index is 0.203. The minimum Gasteiger partial charge on any atom is -0.353 e. The molecule has 1 aromatic heterocycles. The predicted octanol–water partition coefficient (Wildman–Crippen LogP) is 2.36. The molecule has 1 aromatic rings. The average molecular weight is 249 g/mol. The molecule has 1 aliphatic rings. The van der Waals surface area contributed by atoms with Gasteiger partial charge in [0.2, 0.25) is 5.91 Å². The van der Waals surface area contributed by atoms with Crippen molar-refractivity contribution in [2.75, 3.05) is 0 Å². The number of rotatable bonds is 5. The smallest absolute Gasteiger partial charge is 0.220 e.